The van der Waals surface area contributed by atoms with Gasteiger partial charge in [-0.2, -0.15) is 5.10 Å². The van der Waals surface area contributed by atoms with Gasteiger partial charge in [-0.05, 0) is 23.8 Å². The second-order valence-corrected chi connectivity index (χ2v) is 7.22. The van der Waals surface area contributed by atoms with E-state index in [-0.39, 0.29) is 12.6 Å². The minimum atomic E-state index is -0.627. The predicted molar refractivity (Wildman–Crippen MR) is 112 cm³/mol. The van der Waals surface area contributed by atoms with E-state index < -0.39 is 11.9 Å². The van der Waals surface area contributed by atoms with Crippen LogP contribution in [0.3, 0.4) is 0 Å². The van der Waals surface area contributed by atoms with E-state index in [0.29, 0.717) is 28.1 Å². The molecule has 2 aromatic rings. The van der Waals surface area contributed by atoms with Crippen LogP contribution >= 0.6 is 23.2 Å². The monoisotopic (exact) mass is 430 g/mol. The Bertz CT molecular complexity index is 1010. The van der Waals surface area contributed by atoms with Gasteiger partial charge in [0.2, 0.25) is 0 Å². The number of hydrazone groups is 1. The lowest BCUT2D eigenvalue weighted by Gasteiger charge is -2.29. The van der Waals surface area contributed by atoms with Gasteiger partial charge in [-0.15, -0.1) is 0 Å². The summed E-state index contributed by atoms with van der Waals surface area (Å²) in [5, 5.41) is 10.4. The SMILES string of the molecule is O=C(Nc1ccc(Cl)c(Cl)c1)NN1CN=C2C(C=NN2Cc2ccccc2)C1=O. The lowest BCUT2D eigenvalue weighted by molar-refractivity contribution is -0.134. The molecule has 0 spiro atoms. The summed E-state index contributed by atoms with van der Waals surface area (Å²) < 4.78 is 0. The number of halogens is 2. The van der Waals surface area contributed by atoms with Crippen molar-refractivity contribution in [2.75, 3.05) is 12.0 Å². The van der Waals surface area contributed by atoms with Crippen molar-refractivity contribution in [1.82, 2.24) is 15.4 Å². The first-order valence-corrected chi connectivity index (χ1v) is 9.51. The number of amides is 3. The Morgan fingerprint density at radius 2 is 1.93 bits per heavy atom. The summed E-state index contributed by atoms with van der Waals surface area (Å²) >= 11 is 11.8. The summed E-state index contributed by atoms with van der Waals surface area (Å²) in [6.07, 6.45) is 1.54. The maximum atomic E-state index is 12.7. The van der Waals surface area contributed by atoms with Gasteiger partial charge in [0.05, 0.1) is 16.6 Å². The number of rotatable bonds is 4. The molecule has 0 radical (unpaired) electrons. The summed E-state index contributed by atoms with van der Waals surface area (Å²) in [5.41, 5.74) is 4.00. The standard InChI is InChI=1S/C19H16Cl2N6O2/c20-15-7-6-13(8-16(15)21)24-19(29)25-27-11-22-17-14(18(27)28)9-23-26(17)10-12-4-2-1-3-5-12/h1-9,14H,10-11H2,(H2,24,25,29). The number of carbonyl (C=O) groups excluding carboxylic acids is 2. The van der Waals surface area contributed by atoms with Gasteiger partial charge in [0.25, 0.3) is 5.91 Å². The Balaban J connectivity index is 1.39. The van der Waals surface area contributed by atoms with E-state index in [1.54, 1.807) is 17.1 Å². The molecule has 4 rings (SSSR count). The summed E-state index contributed by atoms with van der Waals surface area (Å²) in [5.74, 6) is -0.363. The van der Waals surface area contributed by atoms with Gasteiger partial charge < -0.3 is 5.32 Å². The van der Waals surface area contributed by atoms with E-state index in [4.69, 9.17) is 23.2 Å². The fraction of sp³-hybridized carbons (Fsp3) is 0.158. The number of carbonyl (C=O) groups is 2. The van der Waals surface area contributed by atoms with Crippen LogP contribution in [0, 0.1) is 5.92 Å². The first kappa shape index (κ1) is 19.2. The number of nitrogens with zero attached hydrogens (tertiary/aromatic N) is 4. The lowest BCUT2D eigenvalue weighted by Crippen LogP contribution is -2.54. The molecule has 8 nitrogen and oxygen atoms in total. The van der Waals surface area contributed by atoms with Gasteiger partial charge in [-0.25, -0.2) is 25.2 Å². The maximum Gasteiger partial charge on any atom is 0.338 e. The van der Waals surface area contributed by atoms with E-state index in [2.05, 4.69) is 20.8 Å². The minimum Gasteiger partial charge on any atom is -0.307 e. The molecule has 2 aliphatic rings. The number of benzene rings is 2. The van der Waals surface area contributed by atoms with E-state index in [9.17, 15) is 9.59 Å². The highest BCUT2D eigenvalue weighted by molar-refractivity contribution is 6.42. The van der Waals surface area contributed by atoms with Crippen LogP contribution in [0.2, 0.25) is 10.0 Å². The number of urea groups is 1. The van der Waals surface area contributed by atoms with Crippen LogP contribution in [0.1, 0.15) is 5.56 Å². The Morgan fingerprint density at radius 1 is 1.14 bits per heavy atom. The van der Waals surface area contributed by atoms with Gasteiger partial charge in [-0.3, -0.25) is 4.79 Å². The number of hydrogen-bond donors (Lipinski definition) is 2. The van der Waals surface area contributed by atoms with E-state index in [1.807, 2.05) is 30.3 Å². The summed E-state index contributed by atoms with van der Waals surface area (Å²) in [4.78, 5) is 29.4. The first-order chi connectivity index (χ1) is 14.0. The molecule has 0 fully saturated rings. The Labute approximate surface area is 176 Å². The third kappa shape index (κ3) is 4.18. The summed E-state index contributed by atoms with van der Waals surface area (Å²) in [6, 6.07) is 13.9. The number of hydrazine groups is 1. The fourth-order valence-corrected chi connectivity index (χ4v) is 3.29. The molecule has 148 valence electrons. The molecule has 2 aromatic carbocycles. The van der Waals surface area contributed by atoms with Crippen LogP contribution in [-0.2, 0) is 11.3 Å². The van der Waals surface area contributed by atoms with Gasteiger partial charge in [0.1, 0.15) is 18.4 Å². The Kier molecular flexibility index (Phi) is 5.37. The molecule has 29 heavy (non-hydrogen) atoms. The van der Waals surface area contributed by atoms with Crippen LogP contribution in [0.15, 0.2) is 58.6 Å². The van der Waals surface area contributed by atoms with Crippen LogP contribution in [-0.4, -0.2) is 40.7 Å². The van der Waals surface area contributed by atoms with Crippen molar-refractivity contribution in [2.45, 2.75) is 6.54 Å². The molecule has 2 N–H and O–H groups in total. The Morgan fingerprint density at radius 3 is 2.69 bits per heavy atom. The molecule has 1 atom stereocenters. The van der Waals surface area contributed by atoms with Gasteiger partial charge in [0.15, 0.2) is 0 Å². The van der Waals surface area contributed by atoms with Crippen molar-refractivity contribution in [3.8, 4) is 0 Å². The molecule has 0 saturated carbocycles. The number of fused-ring (bicyclic) bond motifs is 1. The predicted octanol–water partition coefficient (Wildman–Crippen LogP) is 3.35. The first-order valence-electron chi connectivity index (χ1n) is 8.75. The van der Waals surface area contributed by atoms with Crippen molar-refractivity contribution in [3.05, 3.63) is 64.1 Å². The van der Waals surface area contributed by atoms with Crippen molar-refractivity contribution < 1.29 is 9.59 Å². The smallest absolute Gasteiger partial charge is 0.307 e. The highest BCUT2D eigenvalue weighted by atomic mass is 35.5. The minimum absolute atomic E-state index is 0.00584. The molecule has 2 aliphatic heterocycles. The summed E-state index contributed by atoms with van der Waals surface area (Å²) in [7, 11) is 0. The normalized spacial score (nSPS) is 17.8. The topological polar surface area (TPSA) is 89.4 Å². The molecule has 0 aliphatic carbocycles. The molecule has 2 heterocycles. The quantitative estimate of drug-likeness (QED) is 0.778. The number of anilines is 1. The van der Waals surface area contributed by atoms with Crippen molar-refractivity contribution in [1.29, 1.82) is 0 Å². The van der Waals surface area contributed by atoms with Crippen LogP contribution < -0.4 is 10.7 Å². The molecule has 0 saturated heterocycles. The van der Waals surface area contributed by atoms with Crippen LogP contribution in [0.5, 0.6) is 0 Å². The number of nitrogens with one attached hydrogen (secondary N) is 2. The van der Waals surface area contributed by atoms with Crippen molar-refractivity contribution in [3.63, 3.8) is 0 Å². The zero-order valence-corrected chi connectivity index (χ0v) is 16.6. The van der Waals surface area contributed by atoms with Crippen molar-refractivity contribution >= 4 is 52.9 Å². The second-order valence-electron chi connectivity index (χ2n) is 6.40. The average Bonchev–Trinajstić information content (AvgIpc) is 3.11. The number of hydrogen-bond acceptors (Lipinski definition) is 5. The molecule has 0 bridgehead atoms. The number of aliphatic imine (C=N–C) groups is 1. The zero-order valence-electron chi connectivity index (χ0n) is 15.0. The fourth-order valence-electron chi connectivity index (χ4n) is 2.99. The van der Waals surface area contributed by atoms with Crippen molar-refractivity contribution in [2.24, 2.45) is 16.0 Å². The van der Waals surface area contributed by atoms with Gasteiger partial charge in [0, 0.05) is 11.9 Å². The van der Waals surface area contributed by atoms with E-state index >= 15 is 0 Å². The molecule has 3 amide bonds. The maximum absolute atomic E-state index is 12.7. The molecule has 10 heteroatoms. The van der Waals surface area contributed by atoms with Crippen LogP contribution in [0.25, 0.3) is 0 Å². The largest absolute Gasteiger partial charge is 0.338 e. The molecular formula is C19H16Cl2N6O2. The van der Waals surface area contributed by atoms with Gasteiger partial charge >= 0.3 is 6.03 Å². The summed E-state index contributed by atoms with van der Waals surface area (Å²) in [6.45, 7) is 0.513. The highest BCUT2D eigenvalue weighted by Gasteiger charge is 2.38. The molecular weight excluding hydrogens is 415 g/mol. The third-order valence-corrected chi connectivity index (χ3v) is 5.13. The molecule has 0 aromatic heterocycles. The van der Waals surface area contributed by atoms with Gasteiger partial charge in [-0.1, -0.05) is 53.5 Å². The lowest BCUT2D eigenvalue weighted by atomic mass is 10.1. The van der Waals surface area contributed by atoms with Crippen LogP contribution in [0.4, 0.5) is 10.5 Å². The third-order valence-electron chi connectivity index (χ3n) is 4.39. The highest BCUT2D eigenvalue weighted by Crippen LogP contribution is 2.25. The Hall–Kier alpha value is -3.10. The second kappa shape index (κ2) is 8.10. The van der Waals surface area contributed by atoms with E-state index in [0.717, 1.165) is 10.6 Å². The van der Waals surface area contributed by atoms with E-state index in [1.165, 1.54) is 12.3 Å². The zero-order chi connectivity index (χ0) is 20.4. The molecule has 1 unspecified atom stereocenters. The number of amidine groups is 1. The average molecular weight is 431 g/mol.